The van der Waals surface area contributed by atoms with Gasteiger partial charge in [-0.1, -0.05) is 27.7 Å². The first-order valence-corrected chi connectivity index (χ1v) is 5.16. The summed E-state index contributed by atoms with van der Waals surface area (Å²) in [4.78, 5) is 11.9. The average Bonchev–Trinajstić information content (AvgIpc) is 2.68. The maximum Gasteiger partial charge on any atom is 0.165 e. The Kier molecular flexibility index (Phi) is 10.8. The third-order valence-corrected chi connectivity index (χ3v) is 1.53. The third kappa shape index (κ3) is 4.14. The van der Waals surface area contributed by atoms with Crippen molar-refractivity contribution in [2.75, 3.05) is 5.73 Å². The van der Waals surface area contributed by atoms with E-state index in [1.54, 1.807) is 10.9 Å². The molecule has 0 atom stereocenters. The van der Waals surface area contributed by atoms with Gasteiger partial charge in [0.2, 0.25) is 0 Å². The van der Waals surface area contributed by atoms with Crippen LogP contribution in [-0.4, -0.2) is 19.5 Å². The number of rotatable bonds is 0. The molecule has 2 rings (SSSR count). The van der Waals surface area contributed by atoms with E-state index in [1.807, 2.05) is 34.7 Å². The molecule has 0 spiro atoms. The van der Waals surface area contributed by atoms with Crippen molar-refractivity contribution in [1.29, 1.82) is 0 Å². The van der Waals surface area contributed by atoms with Gasteiger partial charge in [0.25, 0.3) is 0 Å². The maximum atomic E-state index is 5.54. The molecule has 0 bridgehead atoms. The summed E-state index contributed by atoms with van der Waals surface area (Å²) in [6.45, 7) is 8.00. The number of imidazole rings is 1. The molecule has 2 heterocycles. The molecular weight excluding hydrogens is 279 g/mol. The van der Waals surface area contributed by atoms with Gasteiger partial charge in [0.1, 0.15) is 11.8 Å². The summed E-state index contributed by atoms with van der Waals surface area (Å²) in [5.74, 6) is 0.426. The van der Waals surface area contributed by atoms with Gasteiger partial charge in [-0.25, -0.2) is 15.0 Å². The molecular formula is C10H19N5Y. The van der Waals surface area contributed by atoms with Crippen LogP contribution in [0.25, 0.3) is 11.2 Å². The number of aryl methyl sites for hydroxylation is 1. The van der Waals surface area contributed by atoms with Crippen molar-refractivity contribution < 1.29 is 32.7 Å². The molecule has 0 unspecified atom stereocenters. The molecule has 2 aromatic rings. The number of nitrogen functional groups attached to an aromatic ring is 1. The van der Waals surface area contributed by atoms with E-state index in [0.29, 0.717) is 11.3 Å². The summed E-state index contributed by atoms with van der Waals surface area (Å²) in [6.07, 6.45) is 3.09. The average molecular weight is 298 g/mol. The van der Waals surface area contributed by atoms with E-state index < -0.39 is 0 Å². The van der Waals surface area contributed by atoms with E-state index in [-0.39, 0.29) is 32.7 Å². The van der Waals surface area contributed by atoms with E-state index in [9.17, 15) is 0 Å². The molecule has 0 aromatic carbocycles. The SMILES string of the molecule is CC.CC.Cn1cnc2c(N)ncnc21.[Y]. The van der Waals surface area contributed by atoms with E-state index in [4.69, 9.17) is 5.73 Å². The van der Waals surface area contributed by atoms with Crippen LogP contribution in [0.4, 0.5) is 5.82 Å². The van der Waals surface area contributed by atoms with Crippen molar-refractivity contribution in [3.8, 4) is 0 Å². The molecule has 0 saturated carbocycles. The van der Waals surface area contributed by atoms with Gasteiger partial charge < -0.3 is 10.3 Å². The van der Waals surface area contributed by atoms with E-state index >= 15 is 0 Å². The van der Waals surface area contributed by atoms with Crippen LogP contribution in [-0.2, 0) is 39.8 Å². The first-order valence-electron chi connectivity index (χ1n) is 5.16. The fraction of sp³-hybridized carbons (Fsp3) is 0.500. The number of fused-ring (bicyclic) bond motifs is 1. The van der Waals surface area contributed by atoms with Crippen LogP contribution in [0.5, 0.6) is 0 Å². The molecule has 6 heteroatoms. The Morgan fingerprint density at radius 1 is 1.06 bits per heavy atom. The Morgan fingerprint density at radius 3 is 2.12 bits per heavy atom. The minimum Gasteiger partial charge on any atom is -0.382 e. The van der Waals surface area contributed by atoms with Crippen molar-refractivity contribution >= 4 is 17.0 Å². The van der Waals surface area contributed by atoms with Gasteiger partial charge >= 0.3 is 0 Å². The molecule has 0 aliphatic heterocycles. The molecule has 87 valence electrons. The second kappa shape index (κ2) is 9.66. The van der Waals surface area contributed by atoms with Gasteiger partial charge in [-0.3, -0.25) is 0 Å². The van der Waals surface area contributed by atoms with Crippen molar-refractivity contribution in [3.05, 3.63) is 12.7 Å². The van der Waals surface area contributed by atoms with Crippen LogP contribution >= 0.6 is 0 Å². The van der Waals surface area contributed by atoms with E-state index in [1.165, 1.54) is 6.33 Å². The number of nitrogens with two attached hydrogens (primary N) is 1. The predicted octanol–water partition coefficient (Wildman–Crippen LogP) is 2.00. The second-order valence-electron chi connectivity index (χ2n) is 2.29. The van der Waals surface area contributed by atoms with E-state index in [0.717, 1.165) is 5.65 Å². The molecule has 5 nitrogen and oxygen atoms in total. The summed E-state index contributed by atoms with van der Waals surface area (Å²) in [6, 6.07) is 0. The Balaban J connectivity index is 0. The number of aromatic nitrogens is 4. The largest absolute Gasteiger partial charge is 0.382 e. The molecule has 0 aliphatic carbocycles. The topological polar surface area (TPSA) is 69.6 Å². The summed E-state index contributed by atoms with van der Waals surface area (Å²) in [7, 11) is 1.86. The van der Waals surface area contributed by atoms with Crippen molar-refractivity contribution in [1.82, 2.24) is 19.5 Å². The molecule has 0 saturated heterocycles. The zero-order valence-corrected chi connectivity index (χ0v) is 13.4. The number of nitrogens with zero attached hydrogens (tertiary/aromatic N) is 4. The Bertz CT molecular complexity index is 399. The number of hydrogen-bond acceptors (Lipinski definition) is 4. The molecule has 0 fully saturated rings. The minimum absolute atomic E-state index is 0. The van der Waals surface area contributed by atoms with Crippen molar-refractivity contribution in [3.63, 3.8) is 0 Å². The Hall–Kier alpha value is -0.546. The van der Waals surface area contributed by atoms with Gasteiger partial charge in [0, 0.05) is 39.8 Å². The van der Waals surface area contributed by atoms with Gasteiger partial charge in [-0.15, -0.1) is 0 Å². The summed E-state index contributed by atoms with van der Waals surface area (Å²) in [5.41, 5.74) is 6.97. The van der Waals surface area contributed by atoms with Crippen LogP contribution in [0, 0.1) is 0 Å². The molecule has 0 aliphatic rings. The van der Waals surface area contributed by atoms with Crippen LogP contribution in [0.3, 0.4) is 0 Å². The molecule has 0 amide bonds. The number of anilines is 1. The summed E-state index contributed by atoms with van der Waals surface area (Å²) in [5, 5.41) is 0. The first kappa shape index (κ1) is 17.8. The van der Waals surface area contributed by atoms with Gasteiger partial charge in [-0.2, -0.15) is 0 Å². The summed E-state index contributed by atoms with van der Waals surface area (Å²) >= 11 is 0. The van der Waals surface area contributed by atoms with Gasteiger partial charge in [0.05, 0.1) is 6.33 Å². The Morgan fingerprint density at radius 2 is 1.62 bits per heavy atom. The zero-order valence-electron chi connectivity index (χ0n) is 10.6. The standard InChI is InChI=1S/C6H7N5.2C2H6.Y/c1-11-3-10-4-5(7)8-2-9-6(4)11;2*1-2;/h2-3H,1H3,(H2,7,8,9);2*1-2H3;. The third-order valence-electron chi connectivity index (χ3n) is 1.53. The maximum absolute atomic E-state index is 5.54. The summed E-state index contributed by atoms with van der Waals surface area (Å²) < 4.78 is 1.80. The minimum atomic E-state index is 0. The molecule has 1 radical (unpaired) electrons. The van der Waals surface area contributed by atoms with Crippen LogP contribution in [0.15, 0.2) is 12.7 Å². The van der Waals surface area contributed by atoms with Crippen LogP contribution in [0.2, 0.25) is 0 Å². The zero-order chi connectivity index (χ0) is 11.8. The molecule has 2 aromatic heterocycles. The second-order valence-corrected chi connectivity index (χ2v) is 2.29. The van der Waals surface area contributed by atoms with Crippen molar-refractivity contribution in [2.45, 2.75) is 27.7 Å². The van der Waals surface area contributed by atoms with Crippen LogP contribution < -0.4 is 5.73 Å². The fourth-order valence-corrected chi connectivity index (χ4v) is 0.964. The normalized spacial score (nSPS) is 8.06. The predicted molar refractivity (Wildman–Crippen MR) is 63.4 cm³/mol. The Labute approximate surface area is 122 Å². The molecule has 16 heavy (non-hydrogen) atoms. The van der Waals surface area contributed by atoms with Gasteiger partial charge in [0.15, 0.2) is 11.5 Å². The first-order chi connectivity index (χ1) is 7.29. The van der Waals surface area contributed by atoms with E-state index in [2.05, 4.69) is 15.0 Å². The van der Waals surface area contributed by atoms with Crippen LogP contribution in [0.1, 0.15) is 27.7 Å². The fourth-order valence-electron chi connectivity index (χ4n) is 0.964. The monoisotopic (exact) mass is 298 g/mol. The van der Waals surface area contributed by atoms with Crippen molar-refractivity contribution in [2.24, 2.45) is 7.05 Å². The molecule has 2 N–H and O–H groups in total. The number of hydrogen-bond donors (Lipinski definition) is 1. The smallest absolute Gasteiger partial charge is 0.165 e. The quantitative estimate of drug-likeness (QED) is 0.807. The van der Waals surface area contributed by atoms with Gasteiger partial charge in [-0.05, 0) is 0 Å².